The maximum Gasteiger partial charge on any atom is 0.407 e. The largest absolute Gasteiger partial charge is 0.444 e. The monoisotopic (exact) mass is 243 g/mol. The van der Waals surface area contributed by atoms with Crippen LogP contribution in [0.25, 0.3) is 0 Å². The Morgan fingerprint density at radius 2 is 1.71 bits per heavy atom. The second-order valence-corrected chi connectivity index (χ2v) is 5.86. The van der Waals surface area contributed by atoms with E-state index >= 15 is 0 Å². The minimum atomic E-state index is -0.443. The van der Waals surface area contributed by atoms with Crippen molar-refractivity contribution in [1.82, 2.24) is 5.32 Å². The van der Waals surface area contributed by atoms with Crippen molar-refractivity contribution >= 4 is 6.09 Å². The van der Waals surface area contributed by atoms with E-state index < -0.39 is 5.60 Å². The van der Waals surface area contributed by atoms with E-state index in [1.807, 2.05) is 20.8 Å². The molecule has 0 aromatic rings. The Morgan fingerprint density at radius 3 is 2.18 bits per heavy atom. The fourth-order valence-electron chi connectivity index (χ4n) is 2.11. The van der Waals surface area contributed by atoms with Crippen LogP contribution in [0.2, 0.25) is 0 Å². The van der Waals surface area contributed by atoms with Gasteiger partial charge in [0.2, 0.25) is 0 Å². The molecule has 0 radical (unpaired) electrons. The average molecular weight is 243 g/mol. The van der Waals surface area contributed by atoms with Crippen molar-refractivity contribution < 1.29 is 14.6 Å². The van der Waals surface area contributed by atoms with Crippen LogP contribution in [-0.4, -0.2) is 28.9 Å². The van der Waals surface area contributed by atoms with Crippen molar-refractivity contribution in [1.29, 1.82) is 0 Å². The molecule has 0 aromatic heterocycles. The van der Waals surface area contributed by atoms with Gasteiger partial charge in [-0.15, -0.1) is 0 Å². The lowest BCUT2D eigenvalue weighted by Crippen LogP contribution is -2.39. The van der Waals surface area contributed by atoms with Gasteiger partial charge < -0.3 is 15.2 Å². The first-order valence-corrected chi connectivity index (χ1v) is 6.54. The molecule has 0 unspecified atom stereocenters. The molecule has 1 aliphatic rings. The summed E-state index contributed by atoms with van der Waals surface area (Å²) >= 11 is 0. The first-order chi connectivity index (χ1) is 7.87. The van der Waals surface area contributed by atoms with Crippen LogP contribution in [0.5, 0.6) is 0 Å². The number of hydrogen-bond acceptors (Lipinski definition) is 3. The van der Waals surface area contributed by atoms with E-state index in [0.717, 1.165) is 38.5 Å². The second kappa shape index (κ2) is 6.24. The summed E-state index contributed by atoms with van der Waals surface area (Å²) in [5.74, 6) is 0. The highest BCUT2D eigenvalue weighted by molar-refractivity contribution is 5.68. The van der Waals surface area contributed by atoms with Crippen molar-refractivity contribution in [3.05, 3.63) is 0 Å². The van der Waals surface area contributed by atoms with Gasteiger partial charge in [0.05, 0.1) is 6.10 Å². The van der Waals surface area contributed by atoms with E-state index in [2.05, 4.69) is 5.32 Å². The molecule has 4 heteroatoms. The van der Waals surface area contributed by atoms with E-state index in [0.29, 0.717) is 0 Å². The molecule has 0 heterocycles. The van der Waals surface area contributed by atoms with Gasteiger partial charge in [-0.2, -0.15) is 0 Å². The number of ether oxygens (including phenoxy) is 1. The van der Waals surface area contributed by atoms with Crippen LogP contribution < -0.4 is 5.32 Å². The summed E-state index contributed by atoms with van der Waals surface area (Å²) in [5.41, 5.74) is -0.443. The number of aliphatic hydroxyl groups excluding tert-OH is 1. The van der Waals surface area contributed by atoms with Crippen LogP contribution >= 0.6 is 0 Å². The molecule has 1 amide bonds. The quantitative estimate of drug-likeness (QED) is 0.744. The van der Waals surface area contributed by atoms with E-state index in [9.17, 15) is 9.90 Å². The maximum absolute atomic E-state index is 11.6. The standard InChI is InChI=1S/C13H25NO3/c1-13(2,3)17-12(16)14-10-6-4-8-11(15)9-5-7-10/h10-11,15H,4-9H2,1-3H3,(H,14,16). The molecule has 1 fully saturated rings. The highest BCUT2D eigenvalue weighted by Crippen LogP contribution is 2.18. The lowest BCUT2D eigenvalue weighted by Gasteiger charge is -2.25. The van der Waals surface area contributed by atoms with Crippen LogP contribution in [0.15, 0.2) is 0 Å². The Hall–Kier alpha value is -0.770. The predicted octanol–water partition coefficient (Wildman–Crippen LogP) is 2.59. The smallest absolute Gasteiger partial charge is 0.407 e. The van der Waals surface area contributed by atoms with E-state index in [1.165, 1.54) is 0 Å². The van der Waals surface area contributed by atoms with Crippen molar-refractivity contribution in [3.8, 4) is 0 Å². The lowest BCUT2D eigenvalue weighted by atomic mass is 9.95. The number of alkyl carbamates (subject to hydrolysis) is 1. The molecule has 0 spiro atoms. The minimum Gasteiger partial charge on any atom is -0.444 e. The summed E-state index contributed by atoms with van der Waals surface area (Å²) in [6, 6.07) is 0.192. The maximum atomic E-state index is 11.6. The van der Waals surface area contributed by atoms with Gasteiger partial charge in [0, 0.05) is 6.04 Å². The Bertz CT molecular complexity index is 238. The van der Waals surface area contributed by atoms with Gasteiger partial charge in [-0.1, -0.05) is 0 Å². The number of nitrogens with one attached hydrogen (secondary N) is 1. The molecule has 17 heavy (non-hydrogen) atoms. The summed E-state index contributed by atoms with van der Waals surface area (Å²) in [5, 5.41) is 12.4. The Labute approximate surface area is 104 Å². The Morgan fingerprint density at radius 1 is 1.18 bits per heavy atom. The number of carbonyl (C=O) groups is 1. The number of aliphatic hydroxyl groups is 1. The molecule has 100 valence electrons. The number of hydrogen-bond donors (Lipinski definition) is 2. The Balaban J connectivity index is 2.32. The number of amides is 1. The van der Waals surface area contributed by atoms with Gasteiger partial charge in [0.15, 0.2) is 0 Å². The zero-order valence-corrected chi connectivity index (χ0v) is 11.2. The van der Waals surface area contributed by atoms with Gasteiger partial charge in [-0.3, -0.25) is 0 Å². The molecular weight excluding hydrogens is 218 g/mol. The first kappa shape index (κ1) is 14.3. The molecule has 4 nitrogen and oxygen atoms in total. The normalized spacial score (nSPS) is 26.8. The van der Waals surface area contributed by atoms with Gasteiger partial charge in [-0.25, -0.2) is 4.79 Å². The van der Waals surface area contributed by atoms with Crippen molar-refractivity contribution in [2.24, 2.45) is 0 Å². The minimum absolute atomic E-state index is 0.155. The highest BCUT2D eigenvalue weighted by atomic mass is 16.6. The summed E-state index contributed by atoms with van der Waals surface area (Å²) < 4.78 is 5.23. The molecule has 0 bridgehead atoms. The molecule has 2 N–H and O–H groups in total. The molecule has 0 aromatic carbocycles. The zero-order chi connectivity index (χ0) is 12.9. The molecule has 1 saturated carbocycles. The van der Waals surface area contributed by atoms with E-state index in [-0.39, 0.29) is 18.2 Å². The van der Waals surface area contributed by atoms with Gasteiger partial charge in [0.1, 0.15) is 5.60 Å². The Kier molecular flexibility index (Phi) is 5.25. The molecule has 1 rings (SSSR count). The molecular formula is C13H25NO3. The van der Waals surface area contributed by atoms with Crippen LogP contribution in [0.3, 0.4) is 0 Å². The van der Waals surface area contributed by atoms with Crippen LogP contribution in [0.1, 0.15) is 59.3 Å². The molecule has 0 saturated heterocycles. The highest BCUT2D eigenvalue weighted by Gasteiger charge is 2.20. The summed E-state index contributed by atoms with van der Waals surface area (Å²) in [4.78, 5) is 11.6. The zero-order valence-electron chi connectivity index (χ0n) is 11.2. The third-order valence-corrected chi connectivity index (χ3v) is 2.90. The van der Waals surface area contributed by atoms with Crippen molar-refractivity contribution in [2.75, 3.05) is 0 Å². The van der Waals surface area contributed by atoms with Crippen LogP contribution in [0, 0.1) is 0 Å². The van der Waals surface area contributed by atoms with Crippen molar-refractivity contribution in [3.63, 3.8) is 0 Å². The predicted molar refractivity (Wildman–Crippen MR) is 66.9 cm³/mol. The van der Waals surface area contributed by atoms with E-state index in [4.69, 9.17) is 4.74 Å². The van der Waals surface area contributed by atoms with Gasteiger partial charge >= 0.3 is 6.09 Å². The first-order valence-electron chi connectivity index (χ1n) is 6.54. The fraction of sp³-hybridized carbons (Fsp3) is 0.923. The molecule has 0 atom stereocenters. The van der Waals surface area contributed by atoms with Gasteiger partial charge in [0.25, 0.3) is 0 Å². The summed E-state index contributed by atoms with van der Waals surface area (Å²) in [7, 11) is 0. The van der Waals surface area contributed by atoms with E-state index in [1.54, 1.807) is 0 Å². The number of carbonyl (C=O) groups excluding carboxylic acids is 1. The summed E-state index contributed by atoms with van der Waals surface area (Å²) in [6.45, 7) is 5.59. The second-order valence-electron chi connectivity index (χ2n) is 5.86. The summed E-state index contributed by atoms with van der Waals surface area (Å²) in [6.07, 6.45) is 4.97. The SMILES string of the molecule is CC(C)(C)OC(=O)NC1CCCC(O)CCC1. The molecule has 0 aliphatic heterocycles. The average Bonchev–Trinajstić information content (AvgIpc) is 2.10. The lowest BCUT2D eigenvalue weighted by molar-refractivity contribution is 0.0490. The third-order valence-electron chi connectivity index (χ3n) is 2.90. The van der Waals surface area contributed by atoms with Gasteiger partial charge in [-0.05, 0) is 59.3 Å². The fourth-order valence-corrected chi connectivity index (χ4v) is 2.11. The third kappa shape index (κ3) is 6.51. The van der Waals surface area contributed by atoms with Crippen molar-refractivity contribution in [2.45, 2.75) is 77.0 Å². The topological polar surface area (TPSA) is 58.6 Å². The molecule has 1 aliphatic carbocycles. The van der Waals surface area contributed by atoms with Crippen LogP contribution in [-0.2, 0) is 4.74 Å². The number of rotatable bonds is 1. The van der Waals surface area contributed by atoms with Crippen LogP contribution in [0.4, 0.5) is 4.79 Å².